The molecule has 2 N–H and O–H groups in total. The number of aryl methyl sites for hydroxylation is 1. The van der Waals surface area contributed by atoms with Gasteiger partial charge in [-0.05, 0) is 60.9 Å². The number of hydrogen-bond acceptors (Lipinski definition) is 4. The van der Waals surface area contributed by atoms with Gasteiger partial charge in [0.05, 0.1) is 12.3 Å². The number of benzene rings is 3. The van der Waals surface area contributed by atoms with Crippen molar-refractivity contribution in [1.82, 2.24) is 10.7 Å². The Hall–Kier alpha value is -3.93. The van der Waals surface area contributed by atoms with Crippen LogP contribution in [-0.2, 0) is 4.79 Å². The van der Waals surface area contributed by atoms with Gasteiger partial charge in [-0.3, -0.25) is 9.59 Å². The number of nitrogens with zero attached hydrogens (tertiary/aromatic N) is 1. The zero-order valence-corrected chi connectivity index (χ0v) is 17.5. The highest BCUT2D eigenvalue weighted by Crippen LogP contribution is 2.13. The van der Waals surface area contributed by atoms with E-state index in [2.05, 4.69) is 15.8 Å². The second kappa shape index (κ2) is 10.7. The lowest BCUT2D eigenvalue weighted by atomic mass is 10.1. The van der Waals surface area contributed by atoms with Gasteiger partial charge in [-0.25, -0.2) is 5.43 Å². The van der Waals surface area contributed by atoms with Gasteiger partial charge in [0.25, 0.3) is 11.8 Å². The molecule has 0 radical (unpaired) electrons. The average Bonchev–Trinajstić information content (AvgIpc) is 2.79. The maximum atomic E-state index is 12.1. The molecule has 0 aromatic heterocycles. The number of hydrazone groups is 1. The first kappa shape index (κ1) is 21.8. The van der Waals surface area contributed by atoms with Gasteiger partial charge in [-0.2, -0.15) is 5.10 Å². The summed E-state index contributed by atoms with van der Waals surface area (Å²) in [6.07, 6.45) is 1.55. The molecule has 6 nitrogen and oxygen atoms in total. The van der Waals surface area contributed by atoms with Crippen LogP contribution in [0.25, 0.3) is 0 Å². The summed E-state index contributed by atoms with van der Waals surface area (Å²) in [6, 6.07) is 24.1. The van der Waals surface area contributed by atoms with Crippen molar-refractivity contribution in [2.75, 3.05) is 6.61 Å². The minimum atomic E-state index is -0.259. The summed E-state index contributed by atoms with van der Waals surface area (Å²) < 4.78 is 5.55. The maximum absolute atomic E-state index is 12.1. The van der Waals surface area contributed by atoms with Crippen LogP contribution < -0.4 is 15.5 Å². The summed E-state index contributed by atoms with van der Waals surface area (Å²) in [5, 5.41) is 6.90. The third kappa shape index (κ3) is 6.54. The number of carbonyl (C=O) groups excluding carboxylic acids is 2. The predicted octanol–water partition coefficient (Wildman–Crippen LogP) is 4.02. The standard InChI is InChI=1S/C25H25N3O3/c1-18-8-6-7-11-23(18)25(30)28-26-16-20-12-14-22(15-13-20)31-17-24(29)27-19(2)21-9-4-3-5-10-21/h3-16,19H,17H2,1-2H3,(H,27,29)(H,28,30)/b26-16-/t19-/m0/s1. The first-order valence-corrected chi connectivity index (χ1v) is 9.99. The van der Waals surface area contributed by atoms with Gasteiger partial charge >= 0.3 is 0 Å². The Kier molecular flexibility index (Phi) is 7.54. The van der Waals surface area contributed by atoms with Crippen molar-refractivity contribution >= 4 is 18.0 Å². The van der Waals surface area contributed by atoms with Crippen LogP contribution in [0.2, 0.25) is 0 Å². The molecule has 0 spiro atoms. The van der Waals surface area contributed by atoms with Crippen molar-refractivity contribution in [3.63, 3.8) is 0 Å². The van der Waals surface area contributed by atoms with Crippen LogP contribution in [-0.4, -0.2) is 24.6 Å². The summed E-state index contributed by atoms with van der Waals surface area (Å²) in [5.74, 6) is 0.120. The molecule has 3 rings (SSSR count). The molecule has 158 valence electrons. The highest BCUT2D eigenvalue weighted by atomic mass is 16.5. The molecule has 0 fully saturated rings. The highest BCUT2D eigenvalue weighted by Gasteiger charge is 2.10. The van der Waals surface area contributed by atoms with E-state index >= 15 is 0 Å². The molecule has 3 aromatic rings. The van der Waals surface area contributed by atoms with Crippen molar-refractivity contribution < 1.29 is 14.3 Å². The van der Waals surface area contributed by atoms with E-state index in [4.69, 9.17) is 4.74 Å². The molecule has 31 heavy (non-hydrogen) atoms. The molecule has 0 saturated heterocycles. The number of hydrogen-bond donors (Lipinski definition) is 2. The summed E-state index contributed by atoms with van der Waals surface area (Å²) in [7, 11) is 0. The Morgan fingerprint density at radius 2 is 1.65 bits per heavy atom. The van der Waals surface area contributed by atoms with E-state index in [1.807, 2.05) is 62.4 Å². The van der Waals surface area contributed by atoms with Gasteiger partial charge in [0.2, 0.25) is 0 Å². The van der Waals surface area contributed by atoms with Crippen LogP contribution >= 0.6 is 0 Å². The molecule has 0 unspecified atom stereocenters. The van der Waals surface area contributed by atoms with E-state index in [1.165, 1.54) is 0 Å². The molecule has 2 amide bonds. The fraction of sp³-hybridized carbons (Fsp3) is 0.160. The lowest BCUT2D eigenvalue weighted by molar-refractivity contribution is -0.123. The van der Waals surface area contributed by atoms with Crippen molar-refractivity contribution in [1.29, 1.82) is 0 Å². The molecule has 6 heteroatoms. The van der Waals surface area contributed by atoms with E-state index in [1.54, 1.807) is 36.5 Å². The van der Waals surface area contributed by atoms with Gasteiger partial charge in [0.15, 0.2) is 6.61 Å². The maximum Gasteiger partial charge on any atom is 0.271 e. The number of ether oxygens (including phenoxy) is 1. The predicted molar refractivity (Wildman–Crippen MR) is 121 cm³/mol. The number of nitrogens with one attached hydrogen (secondary N) is 2. The Morgan fingerprint density at radius 3 is 2.35 bits per heavy atom. The fourth-order valence-electron chi connectivity index (χ4n) is 2.96. The van der Waals surface area contributed by atoms with E-state index in [-0.39, 0.29) is 24.5 Å². The smallest absolute Gasteiger partial charge is 0.271 e. The van der Waals surface area contributed by atoms with E-state index in [0.717, 1.165) is 16.7 Å². The molecule has 0 aliphatic carbocycles. The van der Waals surface area contributed by atoms with E-state index < -0.39 is 0 Å². The van der Waals surface area contributed by atoms with Gasteiger partial charge < -0.3 is 10.1 Å². The summed E-state index contributed by atoms with van der Waals surface area (Å²) >= 11 is 0. The summed E-state index contributed by atoms with van der Waals surface area (Å²) in [4.78, 5) is 24.3. The SMILES string of the molecule is Cc1ccccc1C(=O)N/N=C\c1ccc(OCC(=O)N[C@@H](C)c2ccccc2)cc1. The van der Waals surface area contributed by atoms with Crippen LogP contribution in [0.4, 0.5) is 0 Å². The molecule has 0 saturated carbocycles. The number of carbonyl (C=O) groups is 2. The second-order valence-corrected chi connectivity index (χ2v) is 7.07. The Bertz CT molecular complexity index is 1050. The molecule has 0 aliphatic heterocycles. The fourth-order valence-corrected chi connectivity index (χ4v) is 2.96. The molecule has 0 aliphatic rings. The lowest BCUT2D eigenvalue weighted by Gasteiger charge is -2.14. The van der Waals surface area contributed by atoms with Crippen LogP contribution in [0.15, 0.2) is 84.0 Å². The van der Waals surface area contributed by atoms with Gasteiger partial charge in [-0.15, -0.1) is 0 Å². The van der Waals surface area contributed by atoms with Crippen LogP contribution in [0.1, 0.15) is 40.0 Å². The van der Waals surface area contributed by atoms with Crippen LogP contribution in [0.5, 0.6) is 5.75 Å². The summed E-state index contributed by atoms with van der Waals surface area (Å²) in [6.45, 7) is 3.73. The number of rotatable bonds is 8. The van der Waals surface area contributed by atoms with Gasteiger partial charge in [-0.1, -0.05) is 48.5 Å². The van der Waals surface area contributed by atoms with Crippen molar-refractivity contribution in [2.45, 2.75) is 19.9 Å². The van der Waals surface area contributed by atoms with Crippen LogP contribution in [0, 0.1) is 6.92 Å². The third-order valence-electron chi connectivity index (χ3n) is 4.70. The minimum absolute atomic E-state index is 0.0723. The molecule has 0 heterocycles. The highest BCUT2D eigenvalue weighted by molar-refractivity contribution is 5.96. The molecular formula is C25H25N3O3. The molecular weight excluding hydrogens is 390 g/mol. The van der Waals surface area contributed by atoms with Crippen molar-refractivity contribution in [3.05, 3.63) is 101 Å². The van der Waals surface area contributed by atoms with E-state index in [0.29, 0.717) is 11.3 Å². The zero-order valence-electron chi connectivity index (χ0n) is 17.5. The second-order valence-electron chi connectivity index (χ2n) is 7.07. The van der Waals surface area contributed by atoms with Crippen LogP contribution in [0.3, 0.4) is 0 Å². The van der Waals surface area contributed by atoms with Gasteiger partial charge in [0.1, 0.15) is 5.75 Å². The quantitative estimate of drug-likeness (QED) is 0.431. The average molecular weight is 415 g/mol. The first-order valence-electron chi connectivity index (χ1n) is 9.99. The van der Waals surface area contributed by atoms with Gasteiger partial charge in [0, 0.05) is 5.56 Å². The van der Waals surface area contributed by atoms with Crippen molar-refractivity contribution in [2.24, 2.45) is 5.10 Å². The zero-order chi connectivity index (χ0) is 22.1. The van der Waals surface area contributed by atoms with Crippen molar-refractivity contribution in [3.8, 4) is 5.75 Å². The summed E-state index contributed by atoms with van der Waals surface area (Å²) in [5.41, 5.74) is 5.82. The normalized spacial score (nSPS) is 11.7. The van der Waals surface area contributed by atoms with E-state index in [9.17, 15) is 9.59 Å². The molecule has 3 aromatic carbocycles. The monoisotopic (exact) mass is 415 g/mol. The first-order chi connectivity index (χ1) is 15.0. The Labute approximate surface area is 182 Å². The molecule has 1 atom stereocenters. The third-order valence-corrected chi connectivity index (χ3v) is 4.70. The lowest BCUT2D eigenvalue weighted by Crippen LogP contribution is -2.31. The largest absolute Gasteiger partial charge is 0.484 e. The Morgan fingerprint density at radius 1 is 0.968 bits per heavy atom. The Balaban J connectivity index is 1.45. The number of amides is 2. The topological polar surface area (TPSA) is 79.8 Å². The molecule has 0 bridgehead atoms. The minimum Gasteiger partial charge on any atom is -0.484 e.